The van der Waals surface area contributed by atoms with Gasteiger partial charge < -0.3 is 10.2 Å². The fourth-order valence-corrected chi connectivity index (χ4v) is 2.67. The fraction of sp³-hybridized carbons (Fsp3) is 0.357. The molecule has 0 bridgehead atoms. The Morgan fingerprint density at radius 1 is 1.29 bits per heavy atom. The largest absolute Gasteiger partial charge is 0.379 e. The molecule has 0 spiro atoms. The molecule has 0 atom stereocenters. The summed E-state index contributed by atoms with van der Waals surface area (Å²) >= 11 is 5.98. The summed E-state index contributed by atoms with van der Waals surface area (Å²) in [6.45, 7) is 1.70. The minimum atomic E-state index is -0.418. The molecule has 3 rings (SSSR count). The van der Waals surface area contributed by atoms with Gasteiger partial charge in [0, 0.05) is 31.5 Å². The standard InChI is InChI=1S/C14H15ClFN5/c15-11-8-17-9-12(16)14(11)19-10-3-6-21(7-4-10)13-2-1-5-18-20-13/h1-2,5,8-10H,3-4,6-7H2,(H,17,19). The predicted molar refractivity (Wildman–Crippen MR) is 80.1 cm³/mol. The molecule has 1 saturated heterocycles. The third-order valence-corrected chi connectivity index (χ3v) is 3.87. The van der Waals surface area contributed by atoms with E-state index in [9.17, 15) is 4.39 Å². The zero-order valence-corrected chi connectivity index (χ0v) is 12.1. The normalized spacial score (nSPS) is 16.0. The Kier molecular flexibility index (Phi) is 4.15. The lowest BCUT2D eigenvalue weighted by Gasteiger charge is -2.33. The van der Waals surface area contributed by atoms with Crippen LogP contribution in [0.1, 0.15) is 12.8 Å². The Morgan fingerprint density at radius 3 is 2.76 bits per heavy atom. The van der Waals surface area contributed by atoms with E-state index in [1.807, 2.05) is 12.1 Å². The molecule has 0 unspecified atom stereocenters. The number of hydrogen-bond donors (Lipinski definition) is 1. The van der Waals surface area contributed by atoms with Gasteiger partial charge in [0.2, 0.25) is 0 Å². The zero-order valence-electron chi connectivity index (χ0n) is 11.3. The highest BCUT2D eigenvalue weighted by atomic mass is 35.5. The molecular formula is C14H15ClFN5. The van der Waals surface area contributed by atoms with E-state index in [4.69, 9.17) is 11.6 Å². The summed E-state index contributed by atoms with van der Waals surface area (Å²) in [7, 11) is 0. The number of rotatable bonds is 3. The van der Waals surface area contributed by atoms with Crippen molar-refractivity contribution in [1.29, 1.82) is 0 Å². The van der Waals surface area contributed by atoms with Gasteiger partial charge >= 0.3 is 0 Å². The SMILES string of the molecule is Fc1cncc(Cl)c1NC1CCN(c2cccnn2)CC1. The van der Waals surface area contributed by atoms with Gasteiger partial charge in [0.1, 0.15) is 0 Å². The molecule has 110 valence electrons. The third-order valence-electron chi connectivity index (χ3n) is 3.58. The van der Waals surface area contributed by atoms with Crippen LogP contribution in [0.2, 0.25) is 5.02 Å². The molecule has 3 heterocycles. The summed E-state index contributed by atoms with van der Waals surface area (Å²) in [5.74, 6) is 0.461. The van der Waals surface area contributed by atoms with Crippen LogP contribution in [-0.4, -0.2) is 34.3 Å². The second-order valence-electron chi connectivity index (χ2n) is 4.97. The molecule has 0 amide bonds. The van der Waals surface area contributed by atoms with Crippen molar-refractivity contribution in [1.82, 2.24) is 15.2 Å². The highest BCUT2D eigenvalue weighted by Gasteiger charge is 2.21. The lowest BCUT2D eigenvalue weighted by molar-refractivity contribution is 0.518. The summed E-state index contributed by atoms with van der Waals surface area (Å²) < 4.78 is 13.7. The van der Waals surface area contributed by atoms with E-state index >= 15 is 0 Å². The second-order valence-corrected chi connectivity index (χ2v) is 5.37. The summed E-state index contributed by atoms with van der Waals surface area (Å²) in [4.78, 5) is 5.90. The number of piperidine rings is 1. The van der Waals surface area contributed by atoms with Crippen LogP contribution >= 0.6 is 11.6 Å². The van der Waals surface area contributed by atoms with Crippen LogP contribution in [-0.2, 0) is 0 Å². The summed E-state index contributed by atoms with van der Waals surface area (Å²) in [6, 6.07) is 4.01. The van der Waals surface area contributed by atoms with Crippen molar-refractivity contribution in [3.8, 4) is 0 Å². The molecule has 0 aromatic carbocycles. The third kappa shape index (κ3) is 3.21. The molecule has 0 radical (unpaired) electrons. The fourth-order valence-electron chi connectivity index (χ4n) is 2.47. The van der Waals surface area contributed by atoms with Crippen LogP contribution in [0.3, 0.4) is 0 Å². The van der Waals surface area contributed by atoms with Crippen molar-refractivity contribution in [3.05, 3.63) is 41.6 Å². The van der Waals surface area contributed by atoms with Gasteiger partial charge in [-0.3, -0.25) is 4.98 Å². The summed E-state index contributed by atoms with van der Waals surface area (Å²) in [5.41, 5.74) is 0.338. The molecule has 1 fully saturated rings. The molecule has 1 N–H and O–H groups in total. The Balaban J connectivity index is 1.62. The maximum atomic E-state index is 13.7. The van der Waals surface area contributed by atoms with Crippen molar-refractivity contribution in [2.24, 2.45) is 0 Å². The number of hydrogen-bond acceptors (Lipinski definition) is 5. The maximum Gasteiger partial charge on any atom is 0.166 e. The van der Waals surface area contributed by atoms with E-state index in [0.29, 0.717) is 10.7 Å². The van der Waals surface area contributed by atoms with E-state index in [2.05, 4.69) is 25.4 Å². The topological polar surface area (TPSA) is 53.9 Å². The molecule has 2 aromatic heterocycles. The van der Waals surface area contributed by atoms with Gasteiger partial charge in [-0.15, -0.1) is 5.10 Å². The van der Waals surface area contributed by atoms with Crippen LogP contribution in [0.25, 0.3) is 0 Å². The van der Waals surface area contributed by atoms with Crippen molar-refractivity contribution in [2.75, 3.05) is 23.3 Å². The monoisotopic (exact) mass is 307 g/mol. The average Bonchev–Trinajstić information content (AvgIpc) is 2.53. The molecule has 0 aliphatic carbocycles. The number of pyridine rings is 1. The van der Waals surface area contributed by atoms with E-state index in [1.54, 1.807) is 6.20 Å². The predicted octanol–water partition coefficient (Wildman–Crippen LogP) is 2.75. The highest BCUT2D eigenvalue weighted by Crippen LogP contribution is 2.26. The van der Waals surface area contributed by atoms with Crippen LogP contribution in [0.4, 0.5) is 15.9 Å². The van der Waals surface area contributed by atoms with E-state index in [1.165, 1.54) is 12.4 Å². The Bertz CT molecular complexity index is 581. The minimum Gasteiger partial charge on any atom is -0.379 e. The first-order chi connectivity index (χ1) is 10.2. The van der Waals surface area contributed by atoms with E-state index in [-0.39, 0.29) is 6.04 Å². The van der Waals surface area contributed by atoms with Crippen LogP contribution in [0.15, 0.2) is 30.7 Å². The lowest BCUT2D eigenvalue weighted by Crippen LogP contribution is -2.39. The van der Waals surface area contributed by atoms with Gasteiger partial charge in [0.05, 0.1) is 16.9 Å². The van der Waals surface area contributed by atoms with E-state index < -0.39 is 5.82 Å². The van der Waals surface area contributed by atoms with Crippen molar-refractivity contribution < 1.29 is 4.39 Å². The number of halogens is 2. The molecule has 5 nitrogen and oxygen atoms in total. The van der Waals surface area contributed by atoms with Gasteiger partial charge in [-0.05, 0) is 25.0 Å². The van der Waals surface area contributed by atoms with Crippen LogP contribution in [0, 0.1) is 5.82 Å². The summed E-state index contributed by atoms with van der Waals surface area (Å²) in [5, 5.41) is 11.5. The Hall–Kier alpha value is -1.95. The van der Waals surface area contributed by atoms with Crippen molar-refractivity contribution in [3.63, 3.8) is 0 Å². The molecule has 0 saturated carbocycles. The molecular weight excluding hydrogens is 293 g/mol. The van der Waals surface area contributed by atoms with Gasteiger partial charge in [0.15, 0.2) is 11.6 Å². The average molecular weight is 308 g/mol. The second kappa shape index (κ2) is 6.22. The zero-order chi connectivity index (χ0) is 14.7. The maximum absolute atomic E-state index is 13.7. The van der Waals surface area contributed by atoms with E-state index in [0.717, 1.165) is 31.7 Å². The number of nitrogens with one attached hydrogen (secondary N) is 1. The Labute approximate surface area is 127 Å². The van der Waals surface area contributed by atoms with Gasteiger partial charge in [0.25, 0.3) is 0 Å². The van der Waals surface area contributed by atoms with Crippen LogP contribution in [0.5, 0.6) is 0 Å². The highest BCUT2D eigenvalue weighted by molar-refractivity contribution is 6.33. The molecule has 1 aliphatic heterocycles. The number of aromatic nitrogens is 3. The van der Waals surface area contributed by atoms with Gasteiger partial charge in [-0.2, -0.15) is 5.10 Å². The quantitative estimate of drug-likeness (QED) is 0.945. The van der Waals surface area contributed by atoms with Crippen molar-refractivity contribution in [2.45, 2.75) is 18.9 Å². The molecule has 7 heteroatoms. The molecule has 21 heavy (non-hydrogen) atoms. The first-order valence-electron chi connectivity index (χ1n) is 6.82. The molecule has 2 aromatic rings. The van der Waals surface area contributed by atoms with Crippen LogP contribution < -0.4 is 10.2 Å². The number of anilines is 2. The lowest BCUT2D eigenvalue weighted by atomic mass is 10.0. The smallest absolute Gasteiger partial charge is 0.166 e. The first kappa shape index (κ1) is 14.0. The van der Waals surface area contributed by atoms with Crippen molar-refractivity contribution >= 4 is 23.1 Å². The van der Waals surface area contributed by atoms with Gasteiger partial charge in [-0.1, -0.05) is 11.6 Å². The number of nitrogens with zero attached hydrogens (tertiary/aromatic N) is 4. The molecule has 1 aliphatic rings. The Morgan fingerprint density at radius 2 is 2.10 bits per heavy atom. The van der Waals surface area contributed by atoms with Gasteiger partial charge in [-0.25, -0.2) is 4.39 Å². The summed E-state index contributed by atoms with van der Waals surface area (Å²) in [6.07, 6.45) is 6.04. The minimum absolute atomic E-state index is 0.187. The first-order valence-corrected chi connectivity index (χ1v) is 7.20.